The molecule has 0 atom stereocenters. The number of aromatic nitrogens is 1. The molecular formula is C15H22N4S. The van der Waals surface area contributed by atoms with Crippen molar-refractivity contribution in [1.82, 2.24) is 4.98 Å². The molecule has 0 radical (unpaired) electrons. The van der Waals surface area contributed by atoms with Gasteiger partial charge in [-0.1, -0.05) is 0 Å². The zero-order valence-corrected chi connectivity index (χ0v) is 13.0. The minimum atomic E-state index is 0.137. The van der Waals surface area contributed by atoms with Crippen LogP contribution in [0.5, 0.6) is 0 Å². The first-order chi connectivity index (χ1) is 9.46. The summed E-state index contributed by atoms with van der Waals surface area (Å²) in [6.45, 7) is 6.49. The van der Waals surface area contributed by atoms with Crippen LogP contribution in [0.4, 0.5) is 5.82 Å². The van der Waals surface area contributed by atoms with Crippen LogP contribution in [0.15, 0.2) is 6.07 Å². The van der Waals surface area contributed by atoms with Gasteiger partial charge in [0.15, 0.2) is 0 Å². The normalized spacial score (nSPS) is 20.8. The fraction of sp³-hybridized carbons (Fsp3) is 0.600. The van der Waals surface area contributed by atoms with E-state index >= 15 is 0 Å². The highest BCUT2D eigenvalue weighted by molar-refractivity contribution is 8.00. The molecule has 2 aliphatic rings. The maximum Gasteiger partial charge on any atom is 0.139 e. The Labute approximate surface area is 124 Å². The lowest BCUT2D eigenvalue weighted by atomic mass is 10.1. The molecule has 1 saturated heterocycles. The Balaban J connectivity index is 2.01. The van der Waals surface area contributed by atoms with E-state index in [1.54, 1.807) is 0 Å². The number of pyridine rings is 1. The number of hydrogen-bond donors (Lipinski definition) is 2. The van der Waals surface area contributed by atoms with E-state index in [4.69, 9.17) is 16.1 Å². The third-order valence-corrected chi connectivity index (χ3v) is 5.34. The summed E-state index contributed by atoms with van der Waals surface area (Å²) in [5.74, 6) is 2.16. The molecule has 108 valence electrons. The monoisotopic (exact) mass is 290 g/mol. The van der Waals surface area contributed by atoms with Crippen molar-refractivity contribution in [1.29, 1.82) is 5.41 Å². The molecule has 2 heterocycles. The summed E-state index contributed by atoms with van der Waals surface area (Å²) < 4.78 is 0.229. The summed E-state index contributed by atoms with van der Waals surface area (Å²) in [4.78, 5) is 7.17. The van der Waals surface area contributed by atoms with Crippen molar-refractivity contribution in [2.24, 2.45) is 5.73 Å². The number of aryl methyl sites for hydroxylation is 2. The molecule has 3 rings (SSSR count). The molecule has 0 unspecified atom stereocenters. The van der Waals surface area contributed by atoms with Gasteiger partial charge < -0.3 is 10.6 Å². The molecule has 1 aromatic heterocycles. The van der Waals surface area contributed by atoms with Crippen LogP contribution in [0.2, 0.25) is 0 Å². The molecule has 1 aromatic rings. The van der Waals surface area contributed by atoms with E-state index in [0.29, 0.717) is 0 Å². The number of nitrogens with two attached hydrogens (primary N) is 1. The fourth-order valence-electron chi connectivity index (χ4n) is 3.10. The second-order valence-electron chi connectivity index (χ2n) is 6.26. The summed E-state index contributed by atoms with van der Waals surface area (Å²) in [5.41, 5.74) is 9.10. The van der Waals surface area contributed by atoms with Crippen LogP contribution in [0.1, 0.15) is 37.1 Å². The number of amidine groups is 1. The van der Waals surface area contributed by atoms with Crippen LogP contribution in [0.25, 0.3) is 0 Å². The lowest BCUT2D eigenvalue weighted by molar-refractivity contribution is 0.641. The molecule has 0 spiro atoms. The molecular weight excluding hydrogens is 268 g/mol. The van der Waals surface area contributed by atoms with Gasteiger partial charge in [0.1, 0.15) is 11.7 Å². The molecule has 0 saturated carbocycles. The SMILES string of the molecule is CC1(C)CN(c2nc3c(cc2C(=N)N)CCC3)CCS1. The first kappa shape index (κ1) is 13.7. The van der Waals surface area contributed by atoms with Gasteiger partial charge in [-0.15, -0.1) is 0 Å². The second kappa shape index (κ2) is 4.95. The highest BCUT2D eigenvalue weighted by Crippen LogP contribution is 2.34. The largest absolute Gasteiger partial charge is 0.384 e. The Morgan fingerprint density at radius 2 is 2.25 bits per heavy atom. The van der Waals surface area contributed by atoms with Crippen LogP contribution in [-0.4, -0.2) is 34.4 Å². The van der Waals surface area contributed by atoms with E-state index in [0.717, 1.165) is 43.1 Å². The first-order valence-corrected chi connectivity index (χ1v) is 8.21. The Bertz CT molecular complexity index is 553. The maximum absolute atomic E-state index is 7.86. The predicted molar refractivity (Wildman–Crippen MR) is 86.0 cm³/mol. The van der Waals surface area contributed by atoms with Crippen LogP contribution in [0, 0.1) is 5.41 Å². The van der Waals surface area contributed by atoms with Crippen molar-refractivity contribution in [3.63, 3.8) is 0 Å². The molecule has 1 aliphatic carbocycles. The van der Waals surface area contributed by atoms with E-state index in [2.05, 4.69) is 24.8 Å². The Hall–Kier alpha value is -1.23. The van der Waals surface area contributed by atoms with E-state index < -0.39 is 0 Å². The van der Waals surface area contributed by atoms with E-state index in [1.165, 1.54) is 17.7 Å². The minimum absolute atomic E-state index is 0.137. The summed E-state index contributed by atoms with van der Waals surface area (Å²) in [6, 6.07) is 2.10. The molecule has 0 amide bonds. The number of nitrogen functional groups attached to an aromatic ring is 1. The minimum Gasteiger partial charge on any atom is -0.384 e. The first-order valence-electron chi connectivity index (χ1n) is 7.22. The van der Waals surface area contributed by atoms with E-state index in [9.17, 15) is 0 Å². The van der Waals surface area contributed by atoms with Gasteiger partial charge in [-0.25, -0.2) is 4.98 Å². The van der Waals surface area contributed by atoms with E-state index in [1.807, 2.05) is 11.8 Å². The van der Waals surface area contributed by atoms with Crippen molar-refractivity contribution in [3.05, 3.63) is 22.9 Å². The number of thioether (sulfide) groups is 1. The van der Waals surface area contributed by atoms with Gasteiger partial charge in [-0.2, -0.15) is 11.8 Å². The number of rotatable bonds is 2. The van der Waals surface area contributed by atoms with Gasteiger partial charge >= 0.3 is 0 Å². The van der Waals surface area contributed by atoms with Crippen LogP contribution in [-0.2, 0) is 12.8 Å². The molecule has 1 aliphatic heterocycles. The third-order valence-electron chi connectivity index (χ3n) is 4.05. The van der Waals surface area contributed by atoms with Crippen molar-refractivity contribution in [2.45, 2.75) is 37.9 Å². The molecule has 5 heteroatoms. The molecule has 3 N–H and O–H groups in total. The van der Waals surface area contributed by atoms with Gasteiger partial charge in [0.25, 0.3) is 0 Å². The lowest BCUT2D eigenvalue weighted by Gasteiger charge is -2.39. The number of anilines is 1. The van der Waals surface area contributed by atoms with Gasteiger partial charge in [0.05, 0.1) is 5.56 Å². The Morgan fingerprint density at radius 3 is 2.95 bits per heavy atom. The van der Waals surface area contributed by atoms with Crippen LogP contribution in [0.3, 0.4) is 0 Å². The second-order valence-corrected chi connectivity index (χ2v) is 8.06. The number of hydrogen-bond acceptors (Lipinski definition) is 4. The van der Waals surface area contributed by atoms with Gasteiger partial charge in [-0.3, -0.25) is 5.41 Å². The highest BCUT2D eigenvalue weighted by atomic mass is 32.2. The average molecular weight is 290 g/mol. The molecule has 0 aromatic carbocycles. The standard InChI is InChI=1S/C15H22N4S/c1-15(2)9-19(6-7-20-15)14-11(13(16)17)8-10-4-3-5-12(10)18-14/h8H,3-7,9H2,1-2H3,(H3,16,17). The summed E-state index contributed by atoms with van der Waals surface area (Å²) in [7, 11) is 0. The van der Waals surface area contributed by atoms with Crippen molar-refractivity contribution in [2.75, 3.05) is 23.7 Å². The van der Waals surface area contributed by atoms with Gasteiger partial charge in [0.2, 0.25) is 0 Å². The average Bonchev–Trinajstić information content (AvgIpc) is 2.83. The Morgan fingerprint density at radius 1 is 1.45 bits per heavy atom. The third kappa shape index (κ3) is 2.51. The van der Waals surface area contributed by atoms with E-state index in [-0.39, 0.29) is 10.6 Å². The maximum atomic E-state index is 7.86. The zero-order valence-electron chi connectivity index (χ0n) is 12.2. The summed E-state index contributed by atoms with van der Waals surface area (Å²) in [6.07, 6.45) is 3.31. The topological polar surface area (TPSA) is 66.0 Å². The number of nitrogens with zero attached hydrogens (tertiary/aromatic N) is 2. The molecule has 0 bridgehead atoms. The van der Waals surface area contributed by atoms with Crippen molar-refractivity contribution >= 4 is 23.4 Å². The Kier molecular flexibility index (Phi) is 3.40. The summed E-state index contributed by atoms with van der Waals surface area (Å²) in [5, 5.41) is 7.86. The highest BCUT2D eigenvalue weighted by Gasteiger charge is 2.30. The molecule has 1 fully saturated rings. The van der Waals surface area contributed by atoms with Gasteiger partial charge in [0, 0.05) is 29.3 Å². The fourth-order valence-corrected chi connectivity index (χ4v) is 4.21. The molecule has 20 heavy (non-hydrogen) atoms. The smallest absolute Gasteiger partial charge is 0.139 e. The number of nitrogens with one attached hydrogen (secondary N) is 1. The number of fused-ring (bicyclic) bond motifs is 1. The quantitative estimate of drug-likeness (QED) is 0.647. The van der Waals surface area contributed by atoms with Crippen LogP contribution >= 0.6 is 11.8 Å². The molecule has 4 nitrogen and oxygen atoms in total. The van der Waals surface area contributed by atoms with Crippen LogP contribution < -0.4 is 10.6 Å². The zero-order chi connectivity index (χ0) is 14.3. The predicted octanol–water partition coefficient (Wildman–Crippen LogP) is 2.19. The summed E-state index contributed by atoms with van der Waals surface area (Å²) >= 11 is 2.00. The lowest BCUT2D eigenvalue weighted by Crippen LogP contribution is -2.44. The van der Waals surface area contributed by atoms with Crippen molar-refractivity contribution in [3.8, 4) is 0 Å². The van der Waals surface area contributed by atoms with Gasteiger partial charge in [-0.05, 0) is 44.7 Å². The van der Waals surface area contributed by atoms with Crippen molar-refractivity contribution < 1.29 is 0 Å².